The van der Waals surface area contributed by atoms with Gasteiger partial charge in [-0.15, -0.1) is 0 Å². The summed E-state index contributed by atoms with van der Waals surface area (Å²) in [6.07, 6.45) is -6.39. The van der Waals surface area contributed by atoms with Crippen molar-refractivity contribution in [1.29, 1.82) is 0 Å². The largest absolute Gasteiger partial charge is 0.478 e. The Hall–Kier alpha value is -3.57. The molecule has 1 aromatic heterocycles. The summed E-state index contributed by atoms with van der Waals surface area (Å²) in [6.45, 7) is 4.68. The molecule has 4 rings (SSSR count). The number of carboxylic acids is 1. The lowest BCUT2D eigenvalue weighted by Gasteiger charge is -2.32. The molecule has 1 aliphatic heterocycles. The minimum absolute atomic E-state index is 0.0197. The van der Waals surface area contributed by atoms with Gasteiger partial charge in [-0.1, -0.05) is 18.2 Å². The molecular formula is C26H25F3N2O5S. The maximum atomic E-state index is 13.8. The lowest BCUT2D eigenvalue weighted by molar-refractivity contribution is -0.137. The zero-order chi connectivity index (χ0) is 27.4. The minimum atomic E-state index is -4.73. The van der Waals surface area contributed by atoms with E-state index in [-0.39, 0.29) is 50.3 Å². The fourth-order valence-corrected chi connectivity index (χ4v) is 6.25. The molecule has 1 atom stereocenters. The van der Waals surface area contributed by atoms with Crippen molar-refractivity contribution in [2.24, 2.45) is 0 Å². The Labute approximate surface area is 211 Å². The van der Waals surface area contributed by atoms with Crippen LogP contribution in [0.15, 0.2) is 75.8 Å². The van der Waals surface area contributed by atoms with E-state index in [1.165, 1.54) is 44.2 Å². The minimum Gasteiger partial charge on any atom is -0.478 e. The zero-order valence-electron chi connectivity index (χ0n) is 20.5. The van der Waals surface area contributed by atoms with E-state index in [0.717, 1.165) is 16.1 Å². The number of aryl methyl sites for hydroxylation is 1. The van der Waals surface area contributed by atoms with E-state index >= 15 is 0 Å². The number of aliphatic hydroxyl groups excluding tert-OH is 1. The second-order valence-corrected chi connectivity index (χ2v) is 10.8. The van der Waals surface area contributed by atoms with Crippen LogP contribution in [0.3, 0.4) is 0 Å². The number of carbonyl (C=O) groups is 1. The normalized spacial score (nSPS) is 16.1. The van der Waals surface area contributed by atoms with Gasteiger partial charge >= 0.3 is 12.1 Å². The third-order valence-electron chi connectivity index (χ3n) is 6.75. The van der Waals surface area contributed by atoms with Crippen LogP contribution in [0, 0.1) is 6.92 Å². The third kappa shape index (κ3) is 4.42. The van der Waals surface area contributed by atoms with Crippen LogP contribution in [0.4, 0.5) is 13.2 Å². The molecule has 2 N–H and O–H groups in total. The Morgan fingerprint density at radius 3 is 2.24 bits per heavy atom. The third-order valence-corrected chi connectivity index (χ3v) is 8.50. The van der Waals surface area contributed by atoms with Crippen molar-refractivity contribution in [1.82, 2.24) is 8.87 Å². The average Bonchev–Trinajstić information content (AvgIpc) is 3.22. The van der Waals surface area contributed by atoms with Gasteiger partial charge in [0, 0.05) is 30.2 Å². The molecule has 1 aliphatic rings. The topological polar surface area (TPSA) is 99.8 Å². The van der Waals surface area contributed by atoms with Crippen LogP contribution >= 0.6 is 0 Å². The summed E-state index contributed by atoms with van der Waals surface area (Å²) in [5.74, 6) is -1.19. The second-order valence-electron chi connectivity index (χ2n) is 9.04. The van der Waals surface area contributed by atoms with Crippen molar-refractivity contribution in [3.05, 3.63) is 87.8 Å². The number of carboxylic acid groups (broad SMARTS) is 1. The lowest BCUT2D eigenvalue weighted by Crippen LogP contribution is -2.31. The maximum absolute atomic E-state index is 13.8. The van der Waals surface area contributed by atoms with Crippen LogP contribution in [0.5, 0.6) is 0 Å². The summed E-state index contributed by atoms with van der Waals surface area (Å²) in [5, 5.41) is 21.5. The standard InChI is InChI=1S/C26H25F3N2O5S/c1-14-10-17(26(27,28)29)11-21-19(14)12-22(31(21)37(35,36)18-8-6-5-7-9-18)24(32)23-15(2)20(25(33)34)13-30(4)16(23)3/h5-12,24,32H,13H2,1-4H3,(H,33,34). The summed E-state index contributed by atoms with van der Waals surface area (Å²) in [5.41, 5.74) is -0.335. The zero-order valence-corrected chi connectivity index (χ0v) is 21.3. The molecule has 7 nitrogen and oxygen atoms in total. The van der Waals surface area contributed by atoms with Gasteiger partial charge < -0.3 is 15.1 Å². The number of benzene rings is 2. The molecule has 2 aromatic carbocycles. The Kier molecular flexibility index (Phi) is 6.49. The summed E-state index contributed by atoms with van der Waals surface area (Å²) in [4.78, 5) is 13.3. The Morgan fingerprint density at radius 1 is 1.05 bits per heavy atom. The van der Waals surface area contributed by atoms with Crippen molar-refractivity contribution in [2.45, 2.75) is 37.9 Å². The van der Waals surface area contributed by atoms with Crippen LogP contribution in [0.2, 0.25) is 0 Å². The summed E-state index contributed by atoms with van der Waals surface area (Å²) in [6, 6.07) is 10.2. The Balaban J connectivity index is 2.10. The predicted molar refractivity (Wildman–Crippen MR) is 131 cm³/mol. The number of aromatic nitrogens is 1. The van der Waals surface area contributed by atoms with Crippen molar-refractivity contribution in [3.63, 3.8) is 0 Å². The van der Waals surface area contributed by atoms with E-state index in [4.69, 9.17) is 0 Å². The lowest BCUT2D eigenvalue weighted by atomic mass is 9.90. The van der Waals surface area contributed by atoms with E-state index < -0.39 is 33.8 Å². The number of fused-ring (bicyclic) bond motifs is 1. The second kappa shape index (κ2) is 9.07. The van der Waals surface area contributed by atoms with Gasteiger partial charge in [-0.25, -0.2) is 17.2 Å². The van der Waals surface area contributed by atoms with E-state index in [2.05, 4.69) is 0 Å². The van der Waals surface area contributed by atoms with Crippen molar-refractivity contribution >= 4 is 26.9 Å². The molecule has 37 heavy (non-hydrogen) atoms. The summed E-state index contributed by atoms with van der Waals surface area (Å²) < 4.78 is 69.4. The SMILES string of the molecule is CC1=C(C(=O)O)CN(C)C(C)=C1C(O)c1cc2c(C)cc(C(F)(F)F)cc2n1S(=O)(=O)c1ccccc1. The van der Waals surface area contributed by atoms with Gasteiger partial charge in [0.05, 0.1) is 27.2 Å². The Bertz CT molecular complexity index is 1590. The number of nitrogens with zero attached hydrogens (tertiary/aromatic N) is 2. The van der Waals surface area contributed by atoms with E-state index in [9.17, 15) is 36.6 Å². The molecule has 0 fully saturated rings. The molecule has 2 heterocycles. The summed E-state index contributed by atoms with van der Waals surface area (Å²) >= 11 is 0. The van der Waals surface area contributed by atoms with Gasteiger partial charge in [0.25, 0.3) is 10.0 Å². The molecule has 0 radical (unpaired) electrons. The van der Waals surface area contributed by atoms with Crippen LogP contribution < -0.4 is 0 Å². The van der Waals surface area contributed by atoms with Gasteiger partial charge in [0.15, 0.2) is 0 Å². The first-order valence-electron chi connectivity index (χ1n) is 11.2. The first-order chi connectivity index (χ1) is 17.2. The highest BCUT2D eigenvalue weighted by atomic mass is 32.2. The van der Waals surface area contributed by atoms with Crippen LogP contribution in [-0.2, 0) is 21.0 Å². The van der Waals surface area contributed by atoms with Gasteiger partial charge in [0.2, 0.25) is 0 Å². The average molecular weight is 535 g/mol. The predicted octanol–water partition coefficient (Wildman–Crippen LogP) is 4.86. The van der Waals surface area contributed by atoms with Gasteiger partial charge in [-0.05, 0) is 62.2 Å². The Morgan fingerprint density at radius 2 is 1.68 bits per heavy atom. The van der Waals surface area contributed by atoms with Crippen LogP contribution in [0.25, 0.3) is 10.9 Å². The molecular weight excluding hydrogens is 509 g/mol. The number of hydrogen-bond donors (Lipinski definition) is 2. The molecule has 0 spiro atoms. The molecule has 3 aromatic rings. The van der Waals surface area contributed by atoms with Gasteiger partial charge in [-0.3, -0.25) is 0 Å². The highest BCUT2D eigenvalue weighted by Gasteiger charge is 2.36. The molecule has 0 aliphatic carbocycles. The fraction of sp³-hybridized carbons (Fsp3) is 0.269. The molecule has 196 valence electrons. The van der Waals surface area contributed by atoms with E-state index in [1.54, 1.807) is 24.9 Å². The van der Waals surface area contributed by atoms with E-state index in [0.29, 0.717) is 5.70 Å². The molecule has 0 bridgehead atoms. The quantitative estimate of drug-likeness (QED) is 0.485. The highest BCUT2D eigenvalue weighted by Crippen LogP contribution is 2.41. The number of aliphatic carboxylic acids is 1. The number of rotatable bonds is 5. The summed E-state index contributed by atoms with van der Waals surface area (Å²) in [7, 11) is -2.84. The number of alkyl halides is 3. The fourth-order valence-electron chi connectivity index (χ4n) is 4.69. The number of hydrogen-bond acceptors (Lipinski definition) is 5. The van der Waals surface area contributed by atoms with Crippen molar-refractivity contribution in [2.75, 3.05) is 13.6 Å². The number of allylic oxidation sites excluding steroid dienone is 1. The molecule has 1 unspecified atom stereocenters. The van der Waals surface area contributed by atoms with Crippen LogP contribution in [-0.4, -0.2) is 47.1 Å². The highest BCUT2D eigenvalue weighted by molar-refractivity contribution is 7.90. The van der Waals surface area contributed by atoms with Gasteiger partial charge in [-0.2, -0.15) is 13.2 Å². The maximum Gasteiger partial charge on any atom is 0.416 e. The smallest absolute Gasteiger partial charge is 0.416 e. The van der Waals surface area contributed by atoms with Gasteiger partial charge in [0.1, 0.15) is 6.10 Å². The van der Waals surface area contributed by atoms with Crippen molar-refractivity contribution in [3.8, 4) is 0 Å². The molecule has 0 saturated carbocycles. The molecule has 0 saturated heterocycles. The van der Waals surface area contributed by atoms with E-state index in [1.807, 2.05) is 0 Å². The first-order valence-corrected chi connectivity index (χ1v) is 12.7. The van der Waals surface area contributed by atoms with Crippen LogP contribution in [0.1, 0.15) is 36.8 Å². The number of likely N-dealkylation sites (N-methyl/N-ethyl adjacent to an activating group) is 1. The number of aliphatic hydroxyl groups is 1. The monoisotopic (exact) mass is 534 g/mol. The molecule has 11 heteroatoms. The molecule has 0 amide bonds. The first kappa shape index (κ1) is 26.5. The number of halogens is 3. The van der Waals surface area contributed by atoms with Crippen molar-refractivity contribution < 1.29 is 36.6 Å².